The lowest BCUT2D eigenvalue weighted by molar-refractivity contribution is -0.116. The van der Waals surface area contributed by atoms with E-state index in [1.165, 1.54) is 34.2 Å². The van der Waals surface area contributed by atoms with Crippen molar-refractivity contribution in [3.63, 3.8) is 0 Å². The number of nitrogens with one attached hydrogen (secondary N) is 1. The van der Waals surface area contributed by atoms with Crippen LogP contribution in [0.5, 0.6) is 0 Å². The molecule has 0 spiro atoms. The fourth-order valence-electron chi connectivity index (χ4n) is 3.58. The summed E-state index contributed by atoms with van der Waals surface area (Å²) in [7, 11) is -3.11. The first-order valence-electron chi connectivity index (χ1n) is 10.2. The molecule has 1 N–H and O–H groups in total. The van der Waals surface area contributed by atoms with E-state index in [0.29, 0.717) is 15.9 Å². The Morgan fingerprint density at radius 2 is 1.94 bits per heavy atom. The molecule has 1 aromatic heterocycles. The first-order valence-corrected chi connectivity index (χ1v) is 13.8. The highest BCUT2D eigenvalue weighted by atomic mass is 32.2. The van der Waals surface area contributed by atoms with Gasteiger partial charge in [0.25, 0.3) is 0 Å². The van der Waals surface area contributed by atoms with Gasteiger partial charge >= 0.3 is 0 Å². The van der Waals surface area contributed by atoms with Crippen molar-refractivity contribution in [1.82, 2.24) is 10.2 Å². The highest BCUT2D eigenvalue weighted by Gasteiger charge is 2.35. The van der Waals surface area contributed by atoms with Crippen molar-refractivity contribution in [3.05, 3.63) is 59.7 Å². The van der Waals surface area contributed by atoms with E-state index in [0.717, 1.165) is 11.4 Å². The Labute approximate surface area is 196 Å². The monoisotopic (exact) mass is 488 g/mol. The first-order chi connectivity index (χ1) is 15.3. The number of carbonyl (C=O) groups is 1. The third kappa shape index (κ3) is 5.48. The van der Waals surface area contributed by atoms with Gasteiger partial charge in [-0.3, -0.25) is 4.79 Å². The van der Waals surface area contributed by atoms with E-state index in [-0.39, 0.29) is 29.2 Å². The van der Waals surface area contributed by atoms with Crippen molar-refractivity contribution in [1.29, 1.82) is 0 Å². The number of sulfone groups is 1. The Morgan fingerprint density at radius 3 is 2.62 bits per heavy atom. The van der Waals surface area contributed by atoms with Gasteiger partial charge in [0.1, 0.15) is 0 Å². The summed E-state index contributed by atoms with van der Waals surface area (Å²) in [5.41, 5.74) is 4.07. The van der Waals surface area contributed by atoms with Crippen molar-refractivity contribution in [2.75, 3.05) is 27.5 Å². The third-order valence-electron chi connectivity index (χ3n) is 5.36. The zero-order valence-electron chi connectivity index (χ0n) is 17.8. The second-order valence-corrected chi connectivity index (χ2v) is 12.2. The topological polar surface area (TPSA) is 92.3 Å². The number of aryl methyl sites for hydroxylation is 2. The van der Waals surface area contributed by atoms with Crippen LogP contribution in [0.3, 0.4) is 0 Å². The molecule has 0 bridgehead atoms. The van der Waals surface area contributed by atoms with Crippen molar-refractivity contribution < 1.29 is 13.2 Å². The molecule has 10 heteroatoms. The van der Waals surface area contributed by atoms with Crippen LogP contribution in [0, 0.1) is 13.8 Å². The van der Waals surface area contributed by atoms with E-state index in [1.54, 1.807) is 4.90 Å². The van der Waals surface area contributed by atoms with E-state index >= 15 is 0 Å². The third-order valence-corrected chi connectivity index (χ3v) is 9.07. The second-order valence-electron chi connectivity index (χ2n) is 7.74. The number of hydrogen-bond acceptors (Lipinski definition) is 8. The normalized spacial score (nSPS) is 17.2. The van der Waals surface area contributed by atoms with Gasteiger partial charge in [-0.1, -0.05) is 47.4 Å². The summed E-state index contributed by atoms with van der Waals surface area (Å²) in [6.07, 6.45) is 0.455. The van der Waals surface area contributed by atoms with Crippen LogP contribution in [0.1, 0.15) is 17.5 Å². The molecule has 4 rings (SSSR count). The molecule has 32 heavy (non-hydrogen) atoms. The molecule has 1 saturated heterocycles. The smallest absolute Gasteiger partial charge is 0.237 e. The summed E-state index contributed by atoms with van der Waals surface area (Å²) in [5, 5.41) is 12.3. The lowest BCUT2D eigenvalue weighted by atomic mass is 10.1. The number of aromatic nitrogens is 2. The Bertz CT molecular complexity index is 1210. The molecule has 1 atom stereocenters. The van der Waals surface area contributed by atoms with E-state index in [9.17, 15) is 13.2 Å². The van der Waals surface area contributed by atoms with Gasteiger partial charge in [0.2, 0.25) is 11.0 Å². The molecule has 0 aliphatic carbocycles. The van der Waals surface area contributed by atoms with E-state index in [2.05, 4.69) is 41.5 Å². The zero-order chi connectivity index (χ0) is 22.7. The van der Waals surface area contributed by atoms with Crippen LogP contribution in [0.15, 0.2) is 52.9 Å². The molecule has 1 aliphatic rings. The average Bonchev–Trinajstić information content (AvgIpc) is 3.36. The minimum atomic E-state index is -3.11. The number of para-hydroxylation sites is 1. The molecule has 2 heterocycles. The van der Waals surface area contributed by atoms with Gasteiger partial charge < -0.3 is 10.2 Å². The van der Waals surface area contributed by atoms with Gasteiger partial charge in [0, 0.05) is 11.4 Å². The summed E-state index contributed by atoms with van der Waals surface area (Å²) < 4.78 is 24.7. The molecule has 0 radical (unpaired) electrons. The van der Waals surface area contributed by atoms with Crippen LogP contribution >= 0.6 is 23.1 Å². The maximum Gasteiger partial charge on any atom is 0.237 e. The maximum atomic E-state index is 13.1. The van der Waals surface area contributed by atoms with E-state index < -0.39 is 9.84 Å². The number of hydrogen-bond donors (Lipinski definition) is 1. The summed E-state index contributed by atoms with van der Waals surface area (Å²) in [4.78, 5) is 14.8. The molecule has 3 aromatic rings. The molecule has 1 amide bonds. The van der Waals surface area contributed by atoms with Crippen LogP contribution < -0.4 is 10.2 Å². The fourth-order valence-corrected chi connectivity index (χ4v) is 6.91. The lowest BCUT2D eigenvalue weighted by Crippen LogP contribution is -2.42. The second kappa shape index (κ2) is 9.60. The van der Waals surface area contributed by atoms with Gasteiger partial charge in [-0.15, -0.1) is 10.2 Å². The summed E-state index contributed by atoms with van der Waals surface area (Å²) in [5.74, 6) is 0.137. The molecular formula is C22H24N4O3S3. The molecule has 1 fully saturated rings. The molecule has 2 aromatic carbocycles. The van der Waals surface area contributed by atoms with Gasteiger partial charge in [-0.25, -0.2) is 8.42 Å². The number of amides is 1. The average molecular weight is 489 g/mol. The minimum Gasteiger partial charge on any atom is -0.330 e. The molecule has 1 aliphatic heterocycles. The number of rotatable bonds is 7. The number of carbonyl (C=O) groups excluding carboxylic acids is 1. The SMILES string of the molecule is Cc1ccc(Nc2nnc(SCC(=O)N(c3ccccc3)[C@H]3CCS(=O)(=O)C3)s2)cc1C. The quantitative estimate of drug-likeness (QED) is 0.498. The van der Waals surface area contributed by atoms with Crippen LogP contribution in [0.25, 0.3) is 0 Å². The summed E-state index contributed by atoms with van der Waals surface area (Å²) in [6.45, 7) is 4.12. The Morgan fingerprint density at radius 1 is 1.16 bits per heavy atom. The van der Waals surface area contributed by atoms with Crippen molar-refractivity contribution in [2.45, 2.75) is 30.6 Å². The molecule has 0 unspecified atom stereocenters. The largest absolute Gasteiger partial charge is 0.330 e. The molecule has 7 nitrogen and oxygen atoms in total. The highest BCUT2D eigenvalue weighted by molar-refractivity contribution is 8.01. The Kier molecular flexibility index (Phi) is 6.82. The highest BCUT2D eigenvalue weighted by Crippen LogP contribution is 2.30. The molecule has 0 saturated carbocycles. The molecular weight excluding hydrogens is 464 g/mol. The predicted octanol–water partition coefficient (Wildman–Crippen LogP) is 4.21. The lowest BCUT2D eigenvalue weighted by Gasteiger charge is -2.28. The van der Waals surface area contributed by atoms with Crippen LogP contribution in [-0.2, 0) is 14.6 Å². The number of nitrogens with zero attached hydrogens (tertiary/aromatic N) is 3. The Balaban J connectivity index is 1.43. The number of benzene rings is 2. The van der Waals surface area contributed by atoms with Crippen molar-refractivity contribution in [3.8, 4) is 0 Å². The van der Waals surface area contributed by atoms with Crippen LogP contribution in [-0.4, -0.2) is 47.8 Å². The van der Waals surface area contributed by atoms with Crippen LogP contribution in [0.2, 0.25) is 0 Å². The first kappa shape index (κ1) is 22.8. The van der Waals surface area contributed by atoms with Gasteiger partial charge in [-0.05, 0) is 55.7 Å². The Hall–Kier alpha value is -2.43. The zero-order valence-corrected chi connectivity index (χ0v) is 20.3. The van der Waals surface area contributed by atoms with E-state index in [4.69, 9.17) is 0 Å². The standard InChI is InChI=1S/C22H24N4O3S3/c1-15-8-9-17(12-16(15)2)23-21-24-25-22(31-21)30-13-20(27)26(18-6-4-3-5-7-18)19-10-11-32(28,29)14-19/h3-9,12,19H,10-11,13-14H2,1-2H3,(H,23,24)/t19-/m0/s1. The van der Waals surface area contributed by atoms with Crippen molar-refractivity contribution >= 4 is 55.3 Å². The maximum absolute atomic E-state index is 13.1. The molecule has 168 valence electrons. The fraction of sp³-hybridized carbons (Fsp3) is 0.318. The van der Waals surface area contributed by atoms with Crippen molar-refractivity contribution in [2.24, 2.45) is 0 Å². The number of anilines is 3. The summed E-state index contributed by atoms with van der Waals surface area (Å²) in [6, 6.07) is 15.0. The van der Waals surface area contributed by atoms with Crippen LogP contribution in [0.4, 0.5) is 16.5 Å². The van der Waals surface area contributed by atoms with Gasteiger partial charge in [0.15, 0.2) is 14.2 Å². The van der Waals surface area contributed by atoms with Gasteiger partial charge in [0.05, 0.1) is 23.3 Å². The number of thioether (sulfide) groups is 1. The minimum absolute atomic E-state index is 0.00113. The summed E-state index contributed by atoms with van der Waals surface area (Å²) >= 11 is 2.69. The van der Waals surface area contributed by atoms with Gasteiger partial charge in [-0.2, -0.15) is 0 Å². The van der Waals surface area contributed by atoms with E-state index in [1.807, 2.05) is 36.4 Å². The predicted molar refractivity (Wildman–Crippen MR) is 131 cm³/mol.